The molecule has 0 heterocycles. The number of hydrogen-bond donors (Lipinski definition) is 1. The summed E-state index contributed by atoms with van der Waals surface area (Å²) in [5, 5.41) is 3.24. The number of amides is 1. The maximum absolute atomic E-state index is 11.9. The highest BCUT2D eigenvalue weighted by Crippen LogP contribution is 2.27. The minimum absolute atomic E-state index is 0.0828. The SMILES string of the molecule is COc1ccc(Cl)cc1NC(=O)COc1ccccc1C. The van der Waals surface area contributed by atoms with E-state index in [9.17, 15) is 4.79 Å². The topological polar surface area (TPSA) is 47.6 Å². The Hall–Kier alpha value is -2.20. The van der Waals surface area contributed by atoms with E-state index < -0.39 is 0 Å². The Kier molecular flexibility index (Phi) is 5.06. The molecular formula is C16H16ClNO3. The fraction of sp³-hybridized carbons (Fsp3) is 0.188. The highest BCUT2D eigenvalue weighted by molar-refractivity contribution is 6.31. The third kappa shape index (κ3) is 4.13. The molecule has 0 aliphatic rings. The summed E-state index contributed by atoms with van der Waals surface area (Å²) >= 11 is 5.91. The van der Waals surface area contributed by atoms with Gasteiger partial charge >= 0.3 is 0 Å². The molecule has 0 spiro atoms. The van der Waals surface area contributed by atoms with Gasteiger partial charge in [-0.05, 0) is 36.8 Å². The minimum atomic E-state index is -0.279. The highest BCUT2D eigenvalue weighted by Gasteiger charge is 2.09. The summed E-state index contributed by atoms with van der Waals surface area (Å²) in [5.41, 5.74) is 1.49. The smallest absolute Gasteiger partial charge is 0.262 e. The predicted octanol–water partition coefficient (Wildman–Crippen LogP) is 3.67. The predicted molar refractivity (Wildman–Crippen MR) is 83.3 cm³/mol. The molecule has 2 rings (SSSR count). The van der Waals surface area contributed by atoms with Gasteiger partial charge in [-0.15, -0.1) is 0 Å². The van der Waals surface area contributed by atoms with Crippen molar-refractivity contribution in [2.45, 2.75) is 6.92 Å². The average Bonchev–Trinajstić information content (AvgIpc) is 2.47. The number of hydrogen-bond acceptors (Lipinski definition) is 3. The number of methoxy groups -OCH3 is 1. The molecule has 5 heteroatoms. The van der Waals surface area contributed by atoms with Crippen LogP contribution >= 0.6 is 11.6 Å². The van der Waals surface area contributed by atoms with Crippen LogP contribution in [-0.2, 0) is 4.79 Å². The fourth-order valence-electron chi connectivity index (χ4n) is 1.83. The van der Waals surface area contributed by atoms with Gasteiger partial charge in [-0.3, -0.25) is 4.79 Å². The maximum atomic E-state index is 11.9. The first-order valence-corrected chi connectivity index (χ1v) is 6.80. The number of carbonyl (C=O) groups is 1. The van der Waals surface area contributed by atoms with E-state index >= 15 is 0 Å². The van der Waals surface area contributed by atoms with E-state index in [1.54, 1.807) is 18.2 Å². The third-order valence-electron chi connectivity index (χ3n) is 2.89. The number of ether oxygens (including phenoxy) is 2. The molecule has 0 saturated heterocycles. The molecular weight excluding hydrogens is 290 g/mol. The molecule has 0 radical (unpaired) electrons. The molecule has 21 heavy (non-hydrogen) atoms. The quantitative estimate of drug-likeness (QED) is 0.916. The average molecular weight is 306 g/mol. The fourth-order valence-corrected chi connectivity index (χ4v) is 2.00. The Labute approximate surface area is 128 Å². The molecule has 2 aromatic rings. The molecule has 0 bridgehead atoms. The van der Waals surface area contributed by atoms with Gasteiger partial charge in [0, 0.05) is 5.02 Å². The summed E-state index contributed by atoms with van der Waals surface area (Å²) in [6.45, 7) is 1.84. The van der Waals surface area contributed by atoms with Crippen molar-refractivity contribution in [1.82, 2.24) is 0 Å². The normalized spacial score (nSPS) is 10.0. The van der Waals surface area contributed by atoms with Crippen LogP contribution in [0.4, 0.5) is 5.69 Å². The van der Waals surface area contributed by atoms with E-state index in [1.165, 1.54) is 7.11 Å². The van der Waals surface area contributed by atoms with Crippen molar-refractivity contribution in [2.24, 2.45) is 0 Å². The van der Waals surface area contributed by atoms with Crippen molar-refractivity contribution >= 4 is 23.2 Å². The summed E-state index contributed by atoms with van der Waals surface area (Å²) < 4.78 is 10.7. The molecule has 0 aromatic heterocycles. The van der Waals surface area contributed by atoms with Crippen molar-refractivity contribution in [3.05, 3.63) is 53.1 Å². The van der Waals surface area contributed by atoms with Crippen LogP contribution in [0.25, 0.3) is 0 Å². The number of para-hydroxylation sites is 1. The molecule has 0 fully saturated rings. The van der Waals surface area contributed by atoms with E-state index in [2.05, 4.69) is 5.32 Å². The van der Waals surface area contributed by atoms with E-state index in [4.69, 9.17) is 21.1 Å². The summed E-state index contributed by atoms with van der Waals surface area (Å²) in [4.78, 5) is 11.9. The summed E-state index contributed by atoms with van der Waals surface area (Å²) in [5.74, 6) is 0.952. The van der Waals surface area contributed by atoms with Gasteiger partial charge in [-0.1, -0.05) is 29.8 Å². The second kappa shape index (κ2) is 6.99. The van der Waals surface area contributed by atoms with E-state index in [0.29, 0.717) is 22.2 Å². The number of halogens is 1. The molecule has 0 unspecified atom stereocenters. The van der Waals surface area contributed by atoms with Gasteiger partial charge in [0.15, 0.2) is 6.61 Å². The lowest BCUT2D eigenvalue weighted by Gasteiger charge is -2.12. The van der Waals surface area contributed by atoms with Crippen LogP contribution in [0.5, 0.6) is 11.5 Å². The molecule has 0 saturated carbocycles. The van der Waals surface area contributed by atoms with Gasteiger partial charge in [0.05, 0.1) is 12.8 Å². The molecule has 0 aliphatic heterocycles. The van der Waals surface area contributed by atoms with Crippen LogP contribution in [-0.4, -0.2) is 19.6 Å². The zero-order chi connectivity index (χ0) is 15.2. The molecule has 110 valence electrons. The van der Waals surface area contributed by atoms with Crippen LogP contribution in [0.1, 0.15) is 5.56 Å². The van der Waals surface area contributed by atoms with Crippen LogP contribution < -0.4 is 14.8 Å². The van der Waals surface area contributed by atoms with Gasteiger partial charge < -0.3 is 14.8 Å². The van der Waals surface area contributed by atoms with Gasteiger partial charge in [0.2, 0.25) is 0 Å². The number of anilines is 1. The molecule has 0 atom stereocenters. The second-order valence-corrected chi connectivity index (χ2v) is 4.88. The number of benzene rings is 2. The minimum Gasteiger partial charge on any atom is -0.495 e. The lowest BCUT2D eigenvalue weighted by Crippen LogP contribution is -2.20. The number of carbonyl (C=O) groups excluding carboxylic acids is 1. The summed E-state index contributed by atoms with van der Waals surface area (Å²) in [7, 11) is 1.53. The van der Waals surface area contributed by atoms with Crippen molar-refractivity contribution in [3.8, 4) is 11.5 Å². The van der Waals surface area contributed by atoms with Crippen molar-refractivity contribution in [1.29, 1.82) is 0 Å². The number of nitrogens with one attached hydrogen (secondary N) is 1. The summed E-state index contributed by atoms with van der Waals surface area (Å²) in [6.07, 6.45) is 0. The highest BCUT2D eigenvalue weighted by atomic mass is 35.5. The zero-order valence-electron chi connectivity index (χ0n) is 11.9. The number of rotatable bonds is 5. The Morgan fingerprint density at radius 3 is 2.67 bits per heavy atom. The summed E-state index contributed by atoms with van der Waals surface area (Å²) in [6, 6.07) is 12.5. The van der Waals surface area contributed by atoms with E-state index in [1.807, 2.05) is 31.2 Å². The lowest BCUT2D eigenvalue weighted by atomic mass is 10.2. The van der Waals surface area contributed by atoms with Crippen LogP contribution in [0.15, 0.2) is 42.5 Å². The van der Waals surface area contributed by atoms with Crippen LogP contribution in [0.2, 0.25) is 5.02 Å². The van der Waals surface area contributed by atoms with Gasteiger partial charge in [-0.25, -0.2) is 0 Å². The zero-order valence-corrected chi connectivity index (χ0v) is 12.6. The van der Waals surface area contributed by atoms with Gasteiger partial charge in [0.1, 0.15) is 11.5 Å². The maximum Gasteiger partial charge on any atom is 0.262 e. The Bertz CT molecular complexity index is 643. The van der Waals surface area contributed by atoms with Crippen LogP contribution in [0.3, 0.4) is 0 Å². The molecule has 4 nitrogen and oxygen atoms in total. The Morgan fingerprint density at radius 1 is 1.19 bits per heavy atom. The number of aryl methyl sites for hydroxylation is 1. The first kappa shape index (κ1) is 15.2. The molecule has 1 N–H and O–H groups in total. The van der Waals surface area contributed by atoms with Crippen molar-refractivity contribution < 1.29 is 14.3 Å². The Morgan fingerprint density at radius 2 is 1.95 bits per heavy atom. The molecule has 2 aromatic carbocycles. The van der Waals surface area contributed by atoms with Crippen LogP contribution in [0, 0.1) is 6.92 Å². The molecule has 1 amide bonds. The molecule has 0 aliphatic carbocycles. The first-order chi connectivity index (χ1) is 10.1. The first-order valence-electron chi connectivity index (χ1n) is 6.42. The standard InChI is InChI=1S/C16H16ClNO3/c1-11-5-3-4-6-14(11)21-10-16(19)18-13-9-12(17)7-8-15(13)20-2/h3-9H,10H2,1-2H3,(H,18,19). The van der Waals surface area contributed by atoms with E-state index in [-0.39, 0.29) is 12.5 Å². The van der Waals surface area contributed by atoms with Gasteiger partial charge in [-0.2, -0.15) is 0 Å². The lowest BCUT2D eigenvalue weighted by molar-refractivity contribution is -0.118. The Balaban J connectivity index is 1.99. The monoisotopic (exact) mass is 305 g/mol. The second-order valence-electron chi connectivity index (χ2n) is 4.45. The third-order valence-corrected chi connectivity index (χ3v) is 3.12. The van der Waals surface area contributed by atoms with Crippen molar-refractivity contribution in [2.75, 3.05) is 19.0 Å². The van der Waals surface area contributed by atoms with Crippen molar-refractivity contribution in [3.63, 3.8) is 0 Å². The van der Waals surface area contributed by atoms with E-state index in [0.717, 1.165) is 5.56 Å². The largest absolute Gasteiger partial charge is 0.495 e. The van der Waals surface area contributed by atoms with Gasteiger partial charge in [0.25, 0.3) is 5.91 Å².